The predicted molar refractivity (Wildman–Crippen MR) is 134 cm³/mol. The fourth-order valence-electron chi connectivity index (χ4n) is 5.64. The second-order valence-electron chi connectivity index (χ2n) is 11.1. The van der Waals surface area contributed by atoms with Crippen molar-refractivity contribution in [2.75, 3.05) is 19.8 Å². The lowest BCUT2D eigenvalue weighted by molar-refractivity contribution is -0.311. The van der Waals surface area contributed by atoms with E-state index in [2.05, 4.69) is 0 Å². The summed E-state index contributed by atoms with van der Waals surface area (Å²) in [6.07, 6.45) is -22.9. The van der Waals surface area contributed by atoms with Crippen LogP contribution >= 0.6 is 0 Å². The molecular formula is C23H44N4O15. The molecule has 0 bridgehead atoms. The van der Waals surface area contributed by atoms with E-state index in [9.17, 15) is 46.0 Å². The summed E-state index contributed by atoms with van der Waals surface area (Å²) in [5.74, 6) is 0. The summed E-state index contributed by atoms with van der Waals surface area (Å²) in [6, 6.07) is -3.56. The van der Waals surface area contributed by atoms with E-state index in [4.69, 9.17) is 51.4 Å². The van der Waals surface area contributed by atoms with E-state index in [1.54, 1.807) is 0 Å². The molecule has 42 heavy (non-hydrogen) atoms. The first-order valence-electron chi connectivity index (χ1n) is 13.7. The molecule has 19 nitrogen and oxygen atoms in total. The van der Waals surface area contributed by atoms with Crippen LogP contribution in [0.1, 0.15) is 6.42 Å². The van der Waals surface area contributed by atoms with E-state index in [0.717, 1.165) is 0 Å². The van der Waals surface area contributed by atoms with Crippen molar-refractivity contribution in [1.29, 1.82) is 0 Å². The molecule has 0 spiro atoms. The van der Waals surface area contributed by atoms with E-state index in [1.165, 1.54) is 0 Å². The van der Waals surface area contributed by atoms with Gasteiger partial charge >= 0.3 is 0 Å². The Balaban J connectivity index is 1.50. The zero-order valence-electron chi connectivity index (χ0n) is 22.6. The number of ether oxygens (including phenoxy) is 6. The molecule has 3 aliphatic heterocycles. The third kappa shape index (κ3) is 6.60. The summed E-state index contributed by atoms with van der Waals surface area (Å²) in [7, 11) is 0. The fourth-order valence-corrected chi connectivity index (χ4v) is 5.64. The van der Waals surface area contributed by atoms with E-state index in [-0.39, 0.29) is 13.0 Å². The predicted octanol–water partition coefficient (Wildman–Crippen LogP) is -8.83. The maximum absolute atomic E-state index is 11.1. The quantitative estimate of drug-likeness (QED) is 0.114. The van der Waals surface area contributed by atoms with E-state index >= 15 is 0 Å². The molecule has 19 atom stereocenters. The minimum atomic E-state index is -1.68. The average molecular weight is 617 g/mol. The Bertz CT molecular complexity index is 865. The molecule has 17 N–H and O–H groups in total. The van der Waals surface area contributed by atoms with Crippen LogP contribution in [0.15, 0.2) is 0 Å². The third-order valence-electron chi connectivity index (χ3n) is 8.24. The highest BCUT2D eigenvalue weighted by molar-refractivity contribution is 5.01. The van der Waals surface area contributed by atoms with Crippen LogP contribution in [0.3, 0.4) is 0 Å². The van der Waals surface area contributed by atoms with E-state index in [0.29, 0.717) is 0 Å². The minimum absolute atomic E-state index is 0.144. The van der Waals surface area contributed by atoms with Crippen molar-refractivity contribution in [2.45, 2.75) is 123 Å². The molecule has 0 radical (unpaired) electrons. The molecule has 0 aromatic heterocycles. The van der Waals surface area contributed by atoms with Gasteiger partial charge in [0.25, 0.3) is 0 Å². The van der Waals surface area contributed by atoms with Crippen molar-refractivity contribution in [2.24, 2.45) is 22.9 Å². The monoisotopic (exact) mass is 616 g/mol. The van der Waals surface area contributed by atoms with Gasteiger partial charge in [-0.1, -0.05) is 0 Å². The fraction of sp³-hybridized carbons (Fsp3) is 1.00. The molecule has 0 amide bonds. The summed E-state index contributed by atoms with van der Waals surface area (Å²) < 4.78 is 34.2. The van der Waals surface area contributed by atoms with Crippen LogP contribution in [-0.2, 0) is 28.4 Å². The normalized spacial score (nSPS) is 53.8. The van der Waals surface area contributed by atoms with Gasteiger partial charge in [-0.05, 0) is 6.42 Å². The summed E-state index contributed by atoms with van der Waals surface area (Å²) in [6.45, 7) is -1.55. The number of nitrogens with two attached hydrogens (primary N) is 4. The van der Waals surface area contributed by atoms with Gasteiger partial charge in [0.05, 0.1) is 31.4 Å². The van der Waals surface area contributed by atoms with Crippen molar-refractivity contribution in [3.05, 3.63) is 0 Å². The summed E-state index contributed by atoms with van der Waals surface area (Å²) in [5, 5.41) is 92.4. The number of rotatable bonds is 9. The zero-order chi connectivity index (χ0) is 31.0. The lowest BCUT2D eigenvalue weighted by atomic mass is 9.85. The topological polar surface area (TPSA) is 342 Å². The Morgan fingerprint density at radius 1 is 0.548 bits per heavy atom. The van der Waals surface area contributed by atoms with E-state index < -0.39 is 130 Å². The van der Waals surface area contributed by atoms with Crippen LogP contribution in [-0.4, -0.2) is 182 Å². The van der Waals surface area contributed by atoms with Crippen LogP contribution in [0, 0.1) is 0 Å². The molecule has 4 fully saturated rings. The van der Waals surface area contributed by atoms with Gasteiger partial charge in [-0.25, -0.2) is 0 Å². The molecule has 1 saturated carbocycles. The van der Waals surface area contributed by atoms with Gasteiger partial charge in [0, 0.05) is 12.6 Å². The largest absolute Gasteiger partial charge is 0.394 e. The molecule has 246 valence electrons. The van der Waals surface area contributed by atoms with Crippen LogP contribution < -0.4 is 22.9 Å². The van der Waals surface area contributed by atoms with Gasteiger partial charge in [0.2, 0.25) is 0 Å². The van der Waals surface area contributed by atoms with Crippen LogP contribution in [0.5, 0.6) is 0 Å². The second kappa shape index (κ2) is 14.1. The molecule has 4 rings (SSSR count). The number of aliphatic hydroxyl groups is 9. The van der Waals surface area contributed by atoms with E-state index in [1.807, 2.05) is 0 Å². The van der Waals surface area contributed by atoms with Gasteiger partial charge in [-0.3, -0.25) is 0 Å². The highest BCUT2D eigenvalue weighted by Gasteiger charge is 2.54. The van der Waals surface area contributed by atoms with Crippen LogP contribution in [0.4, 0.5) is 0 Å². The first kappa shape index (κ1) is 34.1. The Labute approximate surface area is 240 Å². The smallest absolute Gasteiger partial charge is 0.187 e. The van der Waals surface area contributed by atoms with Gasteiger partial charge < -0.3 is 97.3 Å². The first-order valence-corrected chi connectivity index (χ1v) is 13.7. The first-order chi connectivity index (χ1) is 19.8. The molecule has 3 heterocycles. The van der Waals surface area contributed by atoms with Crippen molar-refractivity contribution >= 4 is 0 Å². The zero-order valence-corrected chi connectivity index (χ0v) is 22.6. The molecule has 19 heteroatoms. The Hall–Kier alpha value is -0.760. The van der Waals surface area contributed by atoms with Crippen molar-refractivity contribution in [3.8, 4) is 0 Å². The number of hydrogen-bond acceptors (Lipinski definition) is 19. The van der Waals surface area contributed by atoms with Gasteiger partial charge in [0.15, 0.2) is 18.9 Å². The molecule has 0 unspecified atom stereocenters. The number of aliphatic hydroxyl groups excluding tert-OH is 9. The van der Waals surface area contributed by atoms with Gasteiger partial charge in [-0.15, -0.1) is 0 Å². The highest BCUT2D eigenvalue weighted by Crippen LogP contribution is 2.34. The molecular weight excluding hydrogens is 572 g/mol. The van der Waals surface area contributed by atoms with Crippen molar-refractivity contribution in [1.82, 2.24) is 0 Å². The maximum Gasteiger partial charge on any atom is 0.187 e. The molecule has 4 aliphatic rings. The number of hydrogen-bond donors (Lipinski definition) is 13. The van der Waals surface area contributed by atoms with Crippen LogP contribution in [0.25, 0.3) is 0 Å². The van der Waals surface area contributed by atoms with Gasteiger partial charge in [0.1, 0.15) is 73.2 Å². The maximum atomic E-state index is 11.1. The van der Waals surface area contributed by atoms with Crippen molar-refractivity contribution < 1.29 is 74.4 Å². The van der Waals surface area contributed by atoms with Gasteiger partial charge in [-0.2, -0.15) is 0 Å². The average Bonchev–Trinajstić information content (AvgIpc) is 3.27. The minimum Gasteiger partial charge on any atom is -0.394 e. The second-order valence-corrected chi connectivity index (χ2v) is 11.1. The Morgan fingerprint density at radius 2 is 1.02 bits per heavy atom. The lowest BCUT2D eigenvalue weighted by Crippen LogP contribution is -2.67. The molecule has 1 aliphatic carbocycles. The highest BCUT2D eigenvalue weighted by atomic mass is 16.8. The summed E-state index contributed by atoms with van der Waals surface area (Å²) in [5.41, 5.74) is 23.8. The third-order valence-corrected chi connectivity index (χ3v) is 8.24. The molecule has 0 aromatic carbocycles. The molecule has 3 saturated heterocycles. The Morgan fingerprint density at radius 3 is 1.57 bits per heavy atom. The Kier molecular flexibility index (Phi) is 11.5. The summed E-state index contributed by atoms with van der Waals surface area (Å²) >= 11 is 0. The summed E-state index contributed by atoms with van der Waals surface area (Å²) in [4.78, 5) is 0. The SMILES string of the molecule is NC[C@@H]1O[C@H](O[C@H]2[C@H](O[C@H]3O[C@H](CO)[C@@H](O[C@H]4O[C@@H](CO)[C@H](O)[C@@H](O)[C@@H]4N)[C@@H]3O)[C@@H](O)[C@H](O)C[C@@H]2N)[C@@H](N)[C@H](O)[C@H]1O. The standard InChI is InChI=1S/C23H44N4O15/c24-2-7-13(32)15(34)10(26)21(37-7)40-18-5(25)1-6(30)12(31)20(18)42-23-17(36)19(9(4-29)39-23)41-22-11(27)16(35)14(33)8(3-28)38-22/h5-23,28-36H,1-4,24-27H2/t5-,6+,7-,8-,9+,10-,11-,12-,13-,14-,15-,16-,17-,18+,19+,20+,21+,22+,23+/m0/s1. The van der Waals surface area contributed by atoms with Crippen molar-refractivity contribution in [3.63, 3.8) is 0 Å². The molecule has 0 aromatic rings. The van der Waals surface area contributed by atoms with Crippen LogP contribution in [0.2, 0.25) is 0 Å². The lowest BCUT2D eigenvalue weighted by Gasteiger charge is -2.47.